The van der Waals surface area contributed by atoms with E-state index in [1.54, 1.807) is 13.3 Å². The van der Waals surface area contributed by atoms with Crippen LogP contribution in [0.15, 0.2) is 39.4 Å². The van der Waals surface area contributed by atoms with Crippen LogP contribution < -0.4 is 15.4 Å². The second-order valence-electron chi connectivity index (χ2n) is 4.45. The molecule has 112 valence electrons. The molecular formula is C15H17Br2N3O. The summed E-state index contributed by atoms with van der Waals surface area (Å²) in [6.07, 6.45) is 2.85. The van der Waals surface area contributed by atoms with Gasteiger partial charge in [-0.3, -0.25) is 0 Å². The third kappa shape index (κ3) is 4.35. The molecular weight excluding hydrogens is 398 g/mol. The predicted octanol–water partition coefficient (Wildman–Crippen LogP) is 5.18. The number of benzene rings is 1. The highest BCUT2D eigenvalue weighted by Crippen LogP contribution is 2.36. The number of halogens is 2. The van der Waals surface area contributed by atoms with Crippen molar-refractivity contribution in [3.8, 4) is 5.75 Å². The molecule has 0 unspecified atom stereocenters. The van der Waals surface area contributed by atoms with E-state index in [1.807, 2.05) is 24.3 Å². The number of pyridine rings is 1. The molecule has 0 spiro atoms. The molecule has 0 radical (unpaired) electrons. The molecule has 6 heteroatoms. The summed E-state index contributed by atoms with van der Waals surface area (Å²) in [5.41, 5.74) is 1.90. The maximum atomic E-state index is 5.32. The molecule has 0 atom stereocenters. The monoisotopic (exact) mass is 413 g/mol. The van der Waals surface area contributed by atoms with E-state index in [1.165, 1.54) is 0 Å². The van der Waals surface area contributed by atoms with E-state index in [9.17, 15) is 0 Å². The van der Waals surface area contributed by atoms with Crippen LogP contribution in [0.2, 0.25) is 0 Å². The molecule has 0 bridgehead atoms. The molecule has 1 heterocycles. The third-order valence-electron chi connectivity index (χ3n) is 2.84. The lowest BCUT2D eigenvalue weighted by Crippen LogP contribution is -2.02. The maximum absolute atomic E-state index is 5.32. The molecule has 4 nitrogen and oxygen atoms in total. The highest BCUT2D eigenvalue weighted by atomic mass is 79.9. The molecule has 0 aliphatic carbocycles. The van der Waals surface area contributed by atoms with Crippen LogP contribution in [-0.2, 0) is 0 Å². The maximum Gasteiger partial charge on any atom is 0.135 e. The van der Waals surface area contributed by atoms with Crippen LogP contribution in [-0.4, -0.2) is 18.6 Å². The van der Waals surface area contributed by atoms with E-state index in [4.69, 9.17) is 4.74 Å². The minimum Gasteiger partial charge on any atom is -0.495 e. The second-order valence-corrected chi connectivity index (χ2v) is 6.16. The van der Waals surface area contributed by atoms with Gasteiger partial charge in [0.25, 0.3) is 0 Å². The number of nitrogens with one attached hydrogen (secondary N) is 2. The molecule has 0 aliphatic rings. The first-order valence-electron chi connectivity index (χ1n) is 6.64. The van der Waals surface area contributed by atoms with E-state index in [0.29, 0.717) is 0 Å². The molecule has 0 aliphatic heterocycles. The molecule has 21 heavy (non-hydrogen) atoms. The quantitative estimate of drug-likeness (QED) is 0.683. The summed E-state index contributed by atoms with van der Waals surface area (Å²) in [6, 6.07) is 7.81. The van der Waals surface area contributed by atoms with Crippen molar-refractivity contribution in [2.45, 2.75) is 13.3 Å². The highest BCUT2D eigenvalue weighted by Gasteiger charge is 2.08. The van der Waals surface area contributed by atoms with Crippen molar-refractivity contribution >= 4 is 49.1 Å². The average molecular weight is 415 g/mol. The molecule has 2 rings (SSSR count). The van der Waals surface area contributed by atoms with Gasteiger partial charge in [-0.1, -0.05) is 6.92 Å². The summed E-state index contributed by atoms with van der Waals surface area (Å²) >= 11 is 7.01. The van der Waals surface area contributed by atoms with Crippen molar-refractivity contribution in [3.63, 3.8) is 0 Å². The second kappa shape index (κ2) is 7.66. The first kappa shape index (κ1) is 16.1. The van der Waals surface area contributed by atoms with E-state index in [2.05, 4.69) is 54.4 Å². The Bertz CT molecular complexity index is 620. The van der Waals surface area contributed by atoms with Gasteiger partial charge in [0.1, 0.15) is 11.6 Å². The Balaban J connectivity index is 2.21. The van der Waals surface area contributed by atoms with E-state index in [0.717, 1.165) is 44.9 Å². The topological polar surface area (TPSA) is 46.2 Å². The molecule has 1 aromatic carbocycles. The van der Waals surface area contributed by atoms with E-state index < -0.39 is 0 Å². The number of methoxy groups -OCH3 is 1. The molecule has 2 aromatic rings. The van der Waals surface area contributed by atoms with Crippen molar-refractivity contribution in [2.24, 2.45) is 0 Å². The van der Waals surface area contributed by atoms with Gasteiger partial charge < -0.3 is 15.4 Å². The van der Waals surface area contributed by atoms with Crippen LogP contribution in [0.1, 0.15) is 13.3 Å². The van der Waals surface area contributed by atoms with Gasteiger partial charge in [-0.15, -0.1) is 0 Å². The summed E-state index contributed by atoms with van der Waals surface area (Å²) in [6.45, 7) is 3.03. The Morgan fingerprint density at radius 1 is 1.19 bits per heavy atom. The van der Waals surface area contributed by atoms with Crippen LogP contribution in [0.3, 0.4) is 0 Å². The van der Waals surface area contributed by atoms with Gasteiger partial charge in [0, 0.05) is 35.0 Å². The number of anilines is 3. The molecule has 0 saturated carbocycles. The Labute approximate surface area is 141 Å². The minimum atomic E-state index is 0.777. The number of rotatable bonds is 6. The van der Waals surface area contributed by atoms with Crippen molar-refractivity contribution in [2.75, 3.05) is 24.3 Å². The van der Waals surface area contributed by atoms with Crippen LogP contribution in [0.5, 0.6) is 5.75 Å². The van der Waals surface area contributed by atoms with Crippen LogP contribution in [0.4, 0.5) is 17.2 Å². The van der Waals surface area contributed by atoms with Crippen LogP contribution >= 0.6 is 31.9 Å². The molecule has 0 fully saturated rings. The Kier molecular flexibility index (Phi) is 5.87. The number of ether oxygens (including phenoxy) is 1. The molecule has 0 amide bonds. The van der Waals surface area contributed by atoms with E-state index >= 15 is 0 Å². The van der Waals surface area contributed by atoms with Gasteiger partial charge in [-0.25, -0.2) is 4.98 Å². The van der Waals surface area contributed by atoms with Gasteiger partial charge in [0.15, 0.2) is 0 Å². The standard InChI is InChI=1S/C15H17Br2N3O/c1-3-5-18-15-7-10(4-6-19-15)20-13-9-14(21-2)12(17)8-11(13)16/h4,6-9H,3,5H2,1-2H3,(H2,18,19,20). The normalized spacial score (nSPS) is 10.3. The van der Waals surface area contributed by atoms with Gasteiger partial charge in [-0.2, -0.15) is 0 Å². The summed E-state index contributed by atoms with van der Waals surface area (Å²) in [4.78, 5) is 4.29. The number of aromatic nitrogens is 1. The summed E-state index contributed by atoms with van der Waals surface area (Å²) in [5, 5.41) is 6.64. The van der Waals surface area contributed by atoms with Crippen molar-refractivity contribution in [3.05, 3.63) is 39.4 Å². The van der Waals surface area contributed by atoms with Crippen molar-refractivity contribution in [1.82, 2.24) is 4.98 Å². The Morgan fingerprint density at radius 2 is 2.00 bits per heavy atom. The minimum absolute atomic E-state index is 0.777. The van der Waals surface area contributed by atoms with Gasteiger partial charge in [0.2, 0.25) is 0 Å². The van der Waals surface area contributed by atoms with Gasteiger partial charge >= 0.3 is 0 Å². The zero-order valence-electron chi connectivity index (χ0n) is 11.9. The zero-order chi connectivity index (χ0) is 15.2. The SMILES string of the molecule is CCCNc1cc(Nc2cc(OC)c(Br)cc2Br)ccn1. The lowest BCUT2D eigenvalue weighted by Gasteiger charge is -2.13. The summed E-state index contributed by atoms with van der Waals surface area (Å²) in [5.74, 6) is 1.64. The third-order valence-corrected chi connectivity index (χ3v) is 4.11. The van der Waals surface area contributed by atoms with Gasteiger partial charge in [-0.05, 0) is 50.4 Å². The number of hydrogen-bond donors (Lipinski definition) is 2. The average Bonchev–Trinajstić information content (AvgIpc) is 2.48. The van der Waals surface area contributed by atoms with Gasteiger partial charge in [0.05, 0.1) is 17.3 Å². The largest absolute Gasteiger partial charge is 0.495 e. The first-order chi connectivity index (χ1) is 10.1. The van der Waals surface area contributed by atoms with E-state index in [-0.39, 0.29) is 0 Å². The number of hydrogen-bond acceptors (Lipinski definition) is 4. The highest BCUT2D eigenvalue weighted by molar-refractivity contribution is 9.11. The Hall–Kier alpha value is -1.27. The summed E-state index contributed by atoms with van der Waals surface area (Å²) < 4.78 is 7.18. The van der Waals surface area contributed by atoms with Crippen LogP contribution in [0.25, 0.3) is 0 Å². The van der Waals surface area contributed by atoms with Crippen LogP contribution in [0, 0.1) is 0 Å². The van der Waals surface area contributed by atoms with Crippen molar-refractivity contribution < 1.29 is 4.74 Å². The molecule has 0 saturated heterocycles. The predicted molar refractivity (Wildman–Crippen MR) is 94.7 cm³/mol. The fourth-order valence-corrected chi connectivity index (χ4v) is 3.05. The molecule has 1 aromatic heterocycles. The number of nitrogens with zero attached hydrogens (tertiary/aromatic N) is 1. The van der Waals surface area contributed by atoms with Crippen molar-refractivity contribution in [1.29, 1.82) is 0 Å². The molecule has 2 N–H and O–H groups in total. The summed E-state index contributed by atoms with van der Waals surface area (Å²) in [7, 11) is 1.65. The fraction of sp³-hybridized carbons (Fsp3) is 0.267. The lowest BCUT2D eigenvalue weighted by atomic mass is 10.2. The lowest BCUT2D eigenvalue weighted by molar-refractivity contribution is 0.412. The zero-order valence-corrected chi connectivity index (χ0v) is 15.1. The fourth-order valence-electron chi connectivity index (χ4n) is 1.79. The Morgan fingerprint density at radius 3 is 2.71 bits per heavy atom. The first-order valence-corrected chi connectivity index (χ1v) is 8.22. The smallest absolute Gasteiger partial charge is 0.135 e.